The van der Waals surface area contributed by atoms with Gasteiger partial charge in [-0.05, 0) is 38.6 Å². The van der Waals surface area contributed by atoms with Gasteiger partial charge >= 0.3 is 5.97 Å². The molecule has 0 amide bonds. The van der Waals surface area contributed by atoms with Crippen LogP contribution < -0.4 is 5.32 Å². The lowest BCUT2D eigenvalue weighted by Gasteiger charge is -2.29. The normalized spacial score (nSPS) is 14.8. The standard InChI is InChI=1S/C15H25NO3S/c1-11(10-15(2,3)19-5)16-12(9-14(17)18-4)13-7-6-8-20-13/h6-8,11-12,16H,9-10H2,1-5H3. The van der Waals surface area contributed by atoms with Crippen LogP contribution in [-0.2, 0) is 14.3 Å². The van der Waals surface area contributed by atoms with E-state index in [4.69, 9.17) is 9.47 Å². The van der Waals surface area contributed by atoms with E-state index in [0.29, 0.717) is 6.42 Å². The fraction of sp³-hybridized carbons (Fsp3) is 0.667. The fourth-order valence-corrected chi connectivity index (χ4v) is 2.99. The molecular weight excluding hydrogens is 274 g/mol. The quantitative estimate of drug-likeness (QED) is 0.749. The van der Waals surface area contributed by atoms with Crippen molar-refractivity contribution in [1.29, 1.82) is 0 Å². The van der Waals surface area contributed by atoms with Crippen LogP contribution in [0.1, 0.15) is 44.5 Å². The van der Waals surface area contributed by atoms with E-state index < -0.39 is 0 Å². The van der Waals surface area contributed by atoms with Crippen LogP contribution in [0, 0.1) is 0 Å². The van der Waals surface area contributed by atoms with Gasteiger partial charge in [-0.3, -0.25) is 4.79 Å². The van der Waals surface area contributed by atoms with E-state index in [2.05, 4.69) is 26.1 Å². The Kier molecular flexibility index (Phi) is 6.65. The summed E-state index contributed by atoms with van der Waals surface area (Å²) in [5, 5.41) is 5.52. The predicted molar refractivity (Wildman–Crippen MR) is 82.0 cm³/mol. The highest BCUT2D eigenvalue weighted by atomic mass is 32.1. The van der Waals surface area contributed by atoms with E-state index >= 15 is 0 Å². The molecule has 1 heterocycles. The van der Waals surface area contributed by atoms with E-state index in [0.717, 1.165) is 11.3 Å². The Morgan fingerprint density at radius 3 is 2.65 bits per heavy atom. The lowest BCUT2D eigenvalue weighted by atomic mass is 9.98. The summed E-state index contributed by atoms with van der Waals surface area (Å²) in [5.74, 6) is -0.200. The second-order valence-electron chi connectivity index (χ2n) is 5.58. The molecular formula is C15H25NO3S. The molecule has 1 N–H and O–H groups in total. The third kappa shape index (κ3) is 5.61. The van der Waals surface area contributed by atoms with Crippen LogP contribution in [0.15, 0.2) is 17.5 Å². The molecule has 2 atom stereocenters. The van der Waals surface area contributed by atoms with Crippen LogP contribution in [-0.4, -0.2) is 31.8 Å². The minimum absolute atomic E-state index is 0.00916. The Labute approximate surface area is 125 Å². The third-order valence-electron chi connectivity index (χ3n) is 3.32. The number of methoxy groups -OCH3 is 2. The Balaban J connectivity index is 2.67. The lowest BCUT2D eigenvalue weighted by Crippen LogP contribution is -2.38. The molecule has 1 rings (SSSR count). The number of hydrogen-bond acceptors (Lipinski definition) is 5. The van der Waals surface area contributed by atoms with Gasteiger partial charge in [0.15, 0.2) is 0 Å². The Bertz CT molecular complexity index is 403. The highest BCUT2D eigenvalue weighted by Gasteiger charge is 2.24. The number of esters is 1. The van der Waals surface area contributed by atoms with Gasteiger partial charge in [-0.15, -0.1) is 11.3 Å². The summed E-state index contributed by atoms with van der Waals surface area (Å²) in [4.78, 5) is 12.7. The zero-order valence-corrected chi connectivity index (χ0v) is 13.8. The average Bonchev–Trinajstić information content (AvgIpc) is 2.91. The minimum Gasteiger partial charge on any atom is -0.469 e. The van der Waals surface area contributed by atoms with E-state index in [9.17, 15) is 4.79 Å². The Hall–Kier alpha value is -0.910. The van der Waals surface area contributed by atoms with Gasteiger partial charge in [0.05, 0.1) is 25.2 Å². The second kappa shape index (κ2) is 7.76. The van der Waals surface area contributed by atoms with Crippen molar-refractivity contribution in [3.05, 3.63) is 22.4 Å². The molecule has 20 heavy (non-hydrogen) atoms. The molecule has 5 heteroatoms. The molecule has 0 bridgehead atoms. The summed E-state index contributed by atoms with van der Waals surface area (Å²) < 4.78 is 10.2. The molecule has 2 unspecified atom stereocenters. The van der Waals surface area contributed by atoms with Crippen LogP contribution in [0.5, 0.6) is 0 Å². The van der Waals surface area contributed by atoms with Crippen molar-refractivity contribution in [2.75, 3.05) is 14.2 Å². The first-order chi connectivity index (χ1) is 9.38. The van der Waals surface area contributed by atoms with Crippen molar-refractivity contribution in [3.8, 4) is 0 Å². The van der Waals surface area contributed by atoms with Crippen molar-refractivity contribution in [2.24, 2.45) is 0 Å². The molecule has 0 aliphatic heterocycles. The zero-order chi connectivity index (χ0) is 15.2. The first kappa shape index (κ1) is 17.1. The lowest BCUT2D eigenvalue weighted by molar-refractivity contribution is -0.141. The maximum atomic E-state index is 11.6. The fourth-order valence-electron chi connectivity index (χ4n) is 2.20. The Morgan fingerprint density at radius 2 is 2.15 bits per heavy atom. The van der Waals surface area contributed by atoms with Gasteiger partial charge in [0.1, 0.15) is 0 Å². The van der Waals surface area contributed by atoms with Gasteiger partial charge in [-0.2, -0.15) is 0 Å². The van der Waals surface area contributed by atoms with E-state index in [1.165, 1.54) is 7.11 Å². The van der Waals surface area contributed by atoms with Crippen LogP contribution in [0.2, 0.25) is 0 Å². The molecule has 0 aliphatic rings. The summed E-state index contributed by atoms with van der Waals surface area (Å²) >= 11 is 1.65. The van der Waals surface area contributed by atoms with Crippen molar-refractivity contribution >= 4 is 17.3 Å². The van der Waals surface area contributed by atoms with Crippen LogP contribution in [0.4, 0.5) is 0 Å². The van der Waals surface area contributed by atoms with Gasteiger partial charge < -0.3 is 14.8 Å². The predicted octanol–water partition coefficient (Wildman–Crippen LogP) is 3.15. The average molecular weight is 299 g/mol. The summed E-state index contributed by atoms with van der Waals surface area (Å²) in [6, 6.07) is 4.27. The zero-order valence-electron chi connectivity index (χ0n) is 12.9. The smallest absolute Gasteiger partial charge is 0.307 e. The van der Waals surface area contributed by atoms with Crippen molar-refractivity contribution in [2.45, 2.75) is 51.3 Å². The summed E-state index contributed by atoms with van der Waals surface area (Å²) in [6.45, 7) is 6.23. The van der Waals surface area contributed by atoms with Gasteiger partial charge in [-0.1, -0.05) is 6.07 Å². The topological polar surface area (TPSA) is 47.6 Å². The van der Waals surface area contributed by atoms with Gasteiger partial charge in [0.2, 0.25) is 0 Å². The maximum Gasteiger partial charge on any atom is 0.307 e. The molecule has 0 radical (unpaired) electrons. The number of thiophene rings is 1. The summed E-state index contributed by atoms with van der Waals surface area (Å²) in [5.41, 5.74) is -0.183. The van der Waals surface area contributed by atoms with E-state index in [1.54, 1.807) is 18.4 Å². The number of hydrogen-bond donors (Lipinski definition) is 1. The number of carbonyl (C=O) groups is 1. The number of rotatable bonds is 8. The van der Waals surface area contributed by atoms with Crippen LogP contribution in [0.3, 0.4) is 0 Å². The van der Waals surface area contributed by atoms with Crippen LogP contribution >= 0.6 is 11.3 Å². The van der Waals surface area contributed by atoms with Crippen molar-refractivity contribution < 1.29 is 14.3 Å². The first-order valence-corrected chi connectivity index (χ1v) is 7.67. The van der Waals surface area contributed by atoms with Crippen LogP contribution in [0.25, 0.3) is 0 Å². The molecule has 1 aromatic heterocycles. The van der Waals surface area contributed by atoms with E-state index in [-0.39, 0.29) is 23.7 Å². The molecule has 0 fully saturated rings. The number of carbonyl (C=O) groups excluding carboxylic acids is 1. The molecule has 0 saturated carbocycles. The molecule has 0 spiro atoms. The first-order valence-electron chi connectivity index (χ1n) is 6.79. The molecule has 0 aliphatic carbocycles. The minimum atomic E-state index is -0.200. The second-order valence-corrected chi connectivity index (χ2v) is 6.56. The van der Waals surface area contributed by atoms with E-state index in [1.807, 2.05) is 17.5 Å². The number of nitrogens with one attached hydrogen (secondary N) is 1. The van der Waals surface area contributed by atoms with Gasteiger partial charge in [0, 0.05) is 18.0 Å². The highest BCUT2D eigenvalue weighted by molar-refractivity contribution is 7.10. The SMILES string of the molecule is COC(=O)CC(NC(C)CC(C)(C)OC)c1cccs1. The van der Waals surface area contributed by atoms with Gasteiger partial charge in [-0.25, -0.2) is 0 Å². The molecule has 1 aromatic rings. The third-order valence-corrected chi connectivity index (χ3v) is 4.31. The molecule has 4 nitrogen and oxygen atoms in total. The molecule has 0 aromatic carbocycles. The van der Waals surface area contributed by atoms with Crippen molar-refractivity contribution in [1.82, 2.24) is 5.32 Å². The largest absolute Gasteiger partial charge is 0.469 e. The van der Waals surface area contributed by atoms with Crippen molar-refractivity contribution in [3.63, 3.8) is 0 Å². The summed E-state index contributed by atoms with van der Waals surface area (Å²) in [6.07, 6.45) is 1.21. The molecule has 0 saturated heterocycles. The highest BCUT2D eigenvalue weighted by Crippen LogP contribution is 2.25. The maximum absolute atomic E-state index is 11.6. The summed E-state index contributed by atoms with van der Waals surface area (Å²) in [7, 11) is 3.14. The Morgan fingerprint density at radius 1 is 1.45 bits per heavy atom. The number of ether oxygens (including phenoxy) is 2. The monoisotopic (exact) mass is 299 g/mol. The van der Waals surface area contributed by atoms with Gasteiger partial charge in [0.25, 0.3) is 0 Å². The molecule has 114 valence electrons.